The van der Waals surface area contributed by atoms with Gasteiger partial charge in [-0.05, 0) is 32.1 Å². The molecule has 0 fully saturated rings. The molecule has 0 aromatic heterocycles. The molecule has 0 amide bonds. The fourth-order valence-corrected chi connectivity index (χ4v) is 1.71. The molecule has 0 heterocycles. The van der Waals surface area contributed by atoms with Crippen molar-refractivity contribution in [1.82, 2.24) is 0 Å². The van der Waals surface area contributed by atoms with Crippen molar-refractivity contribution in [2.75, 3.05) is 0 Å². The third kappa shape index (κ3) is 3.80. The van der Waals surface area contributed by atoms with Crippen LogP contribution in [0.2, 0.25) is 0 Å². The first-order valence-corrected chi connectivity index (χ1v) is 6.01. The Bertz CT molecular complexity index is 406. The van der Waals surface area contributed by atoms with Gasteiger partial charge in [0, 0.05) is 5.56 Å². The maximum atomic E-state index is 12.3. The molecule has 0 saturated heterocycles. The maximum Gasteiger partial charge on any atom is 0.173 e. The Balaban J connectivity index is 2.86. The molecule has 95 valence electrons. The Morgan fingerprint density at radius 3 is 2.11 bits per heavy atom. The van der Waals surface area contributed by atoms with Crippen molar-refractivity contribution >= 4 is 11.6 Å². The van der Waals surface area contributed by atoms with Gasteiger partial charge in [0.15, 0.2) is 5.78 Å². The van der Waals surface area contributed by atoms with Gasteiger partial charge in [-0.15, -0.1) is 0 Å². The third-order valence-corrected chi connectivity index (χ3v) is 3.10. The average molecular weight is 243 g/mol. The quantitative estimate of drug-likeness (QED) is 0.566. The van der Waals surface area contributed by atoms with Crippen molar-refractivity contribution in [2.45, 2.75) is 27.2 Å². The molecule has 1 aromatic rings. The van der Waals surface area contributed by atoms with Crippen LogP contribution in [-0.4, -0.2) is 11.6 Å². The SMILES string of the molecule is [CH2][C](C)[C](C)CC(C(C)=O)C(=O)c1ccccc1. The highest BCUT2D eigenvalue weighted by Crippen LogP contribution is 2.26. The van der Waals surface area contributed by atoms with E-state index in [9.17, 15) is 9.59 Å². The van der Waals surface area contributed by atoms with Crippen molar-refractivity contribution in [1.29, 1.82) is 0 Å². The van der Waals surface area contributed by atoms with Crippen LogP contribution in [0.1, 0.15) is 37.6 Å². The van der Waals surface area contributed by atoms with Crippen LogP contribution >= 0.6 is 0 Å². The maximum absolute atomic E-state index is 12.3. The van der Waals surface area contributed by atoms with E-state index in [1.165, 1.54) is 6.92 Å². The molecule has 0 saturated carbocycles. The molecule has 2 heteroatoms. The highest BCUT2D eigenvalue weighted by atomic mass is 16.1. The molecule has 0 aliphatic carbocycles. The number of carbonyl (C=O) groups is 2. The van der Waals surface area contributed by atoms with Gasteiger partial charge in [-0.25, -0.2) is 0 Å². The number of hydrogen-bond acceptors (Lipinski definition) is 2. The second-order valence-corrected chi connectivity index (χ2v) is 4.66. The Morgan fingerprint density at radius 1 is 1.11 bits per heavy atom. The van der Waals surface area contributed by atoms with Crippen molar-refractivity contribution < 1.29 is 9.59 Å². The highest BCUT2D eigenvalue weighted by Gasteiger charge is 2.27. The molecule has 0 N–H and O–H groups in total. The number of ketones is 2. The van der Waals surface area contributed by atoms with Crippen LogP contribution in [0.25, 0.3) is 0 Å². The van der Waals surface area contributed by atoms with Crippen LogP contribution in [-0.2, 0) is 4.79 Å². The van der Waals surface area contributed by atoms with Gasteiger partial charge in [0.1, 0.15) is 5.78 Å². The van der Waals surface area contributed by atoms with Gasteiger partial charge in [0.05, 0.1) is 5.92 Å². The van der Waals surface area contributed by atoms with Crippen LogP contribution in [0, 0.1) is 24.7 Å². The third-order valence-electron chi connectivity index (χ3n) is 3.10. The molecule has 1 unspecified atom stereocenters. The van der Waals surface area contributed by atoms with Gasteiger partial charge in [-0.3, -0.25) is 9.59 Å². The van der Waals surface area contributed by atoms with E-state index in [4.69, 9.17) is 0 Å². The molecule has 18 heavy (non-hydrogen) atoms. The van der Waals surface area contributed by atoms with E-state index in [1.54, 1.807) is 24.3 Å². The van der Waals surface area contributed by atoms with Gasteiger partial charge in [0.25, 0.3) is 0 Å². The van der Waals surface area contributed by atoms with E-state index in [2.05, 4.69) is 6.92 Å². The minimum Gasteiger partial charge on any atom is -0.299 e. The Morgan fingerprint density at radius 2 is 1.67 bits per heavy atom. The van der Waals surface area contributed by atoms with Crippen molar-refractivity contribution in [2.24, 2.45) is 5.92 Å². The van der Waals surface area contributed by atoms with Gasteiger partial charge >= 0.3 is 0 Å². The van der Waals surface area contributed by atoms with Crippen molar-refractivity contribution in [3.05, 3.63) is 54.7 Å². The molecule has 0 aliphatic rings. The molecule has 1 aromatic carbocycles. The molecule has 1 rings (SSSR count). The molecule has 1 atom stereocenters. The predicted molar refractivity (Wildman–Crippen MR) is 72.8 cm³/mol. The summed E-state index contributed by atoms with van der Waals surface area (Å²) in [6.07, 6.45) is 0.457. The zero-order valence-electron chi connectivity index (χ0n) is 11.2. The van der Waals surface area contributed by atoms with E-state index >= 15 is 0 Å². The summed E-state index contributed by atoms with van der Waals surface area (Å²) in [4.78, 5) is 23.9. The second-order valence-electron chi connectivity index (χ2n) is 4.66. The summed E-state index contributed by atoms with van der Waals surface area (Å²) in [5.74, 6) is 1.12. The molecule has 0 spiro atoms. The lowest BCUT2D eigenvalue weighted by atomic mass is 9.82. The average Bonchev–Trinajstić information content (AvgIpc) is 2.35. The minimum absolute atomic E-state index is 0.0931. The van der Waals surface area contributed by atoms with E-state index in [0.717, 1.165) is 11.8 Å². The second kappa shape index (κ2) is 6.48. The first kappa shape index (κ1) is 14.6. The lowest BCUT2D eigenvalue weighted by Crippen LogP contribution is -2.24. The van der Waals surface area contributed by atoms with E-state index in [-0.39, 0.29) is 11.6 Å². The normalized spacial score (nSPS) is 12.8. The topological polar surface area (TPSA) is 34.1 Å². The number of hydrogen-bond donors (Lipinski definition) is 0. The van der Waals surface area contributed by atoms with Crippen LogP contribution in [0.5, 0.6) is 0 Å². The zero-order valence-corrected chi connectivity index (χ0v) is 11.2. The number of carbonyl (C=O) groups excluding carboxylic acids is 2. The van der Waals surface area contributed by atoms with Gasteiger partial charge in [-0.1, -0.05) is 44.2 Å². The fraction of sp³-hybridized carbons (Fsp3) is 0.312. The van der Waals surface area contributed by atoms with E-state index < -0.39 is 5.92 Å². The fourth-order valence-electron chi connectivity index (χ4n) is 1.71. The molecular formula is C16H19O2. The lowest BCUT2D eigenvalue weighted by molar-refractivity contribution is -0.119. The van der Waals surface area contributed by atoms with Crippen LogP contribution in [0.4, 0.5) is 0 Å². The number of Topliss-reactive ketones (excluding diaryl/α,β-unsaturated/α-hetero) is 2. The number of benzene rings is 1. The Labute approximate surface area is 109 Å². The summed E-state index contributed by atoms with van der Waals surface area (Å²) < 4.78 is 0. The first-order valence-electron chi connectivity index (χ1n) is 6.01. The van der Waals surface area contributed by atoms with Gasteiger partial charge in [0.2, 0.25) is 0 Å². The summed E-state index contributed by atoms with van der Waals surface area (Å²) in [5, 5.41) is 0. The molecule has 0 bridgehead atoms. The summed E-state index contributed by atoms with van der Waals surface area (Å²) in [5.41, 5.74) is 0.590. The largest absolute Gasteiger partial charge is 0.299 e. The highest BCUT2D eigenvalue weighted by molar-refractivity contribution is 6.10. The summed E-state index contributed by atoms with van der Waals surface area (Å²) in [7, 11) is 0. The van der Waals surface area contributed by atoms with Gasteiger partial charge < -0.3 is 0 Å². The minimum atomic E-state index is -0.593. The van der Waals surface area contributed by atoms with Crippen molar-refractivity contribution in [3.8, 4) is 0 Å². The summed E-state index contributed by atoms with van der Waals surface area (Å²) in [6.45, 7) is 9.11. The van der Waals surface area contributed by atoms with Crippen molar-refractivity contribution in [3.63, 3.8) is 0 Å². The van der Waals surface area contributed by atoms with Crippen LogP contribution < -0.4 is 0 Å². The van der Waals surface area contributed by atoms with Crippen LogP contribution in [0.3, 0.4) is 0 Å². The molecule has 2 nitrogen and oxygen atoms in total. The zero-order chi connectivity index (χ0) is 13.7. The van der Waals surface area contributed by atoms with E-state index in [1.807, 2.05) is 19.9 Å². The van der Waals surface area contributed by atoms with E-state index in [0.29, 0.717) is 12.0 Å². The predicted octanol–water partition coefficient (Wildman–Crippen LogP) is 3.49. The molecule has 3 radical (unpaired) electrons. The smallest absolute Gasteiger partial charge is 0.173 e. The monoisotopic (exact) mass is 243 g/mol. The lowest BCUT2D eigenvalue weighted by Gasteiger charge is -2.19. The first-order chi connectivity index (χ1) is 8.43. The standard InChI is InChI=1S/C16H19O2/c1-11(2)12(3)10-15(13(4)17)16(18)14-8-6-5-7-9-14/h5-9,15H,1,10H2,2-4H3. The van der Waals surface area contributed by atoms with Crippen LogP contribution in [0.15, 0.2) is 30.3 Å². The summed E-state index contributed by atoms with van der Waals surface area (Å²) in [6, 6.07) is 8.95. The molecule has 0 aliphatic heterocycles. The Hall–Kier alpha value is -1.44. The van der Waals surface area contributed by atoms with Gasteiger partial charge in [-0.2, -0.15) is 0 Å². The Kier molecular flexibility index (Phi) is 5.26. The molecular weight excluding hydrogens is 224 g/mol. The number of rotatable bonds is 6. The summed E-state index contributed by atoms with van der Waals surface area (Å²) >= 11 is 0.